The number of hydrogen-bond acceptors (Lipinski definition) is 3. The molecule has 0 radical (unpaired) electrons. The van der Waals surface area contributed by atoms with Crippen molar-refractivity contribution in [1.82, 2.24) is 5.32 Å². The first-order chi connectivity index (χ1) is 14.9. The van der Waals surface area contributed by atoms with Crippen LogP contribution in [0.2, 0.25) is 0 Å². The molecule has 0 spiro atoms. The van der Waals surface area contributed by atoms with Gasteiger partial charge in [0, 0.05) is 29.6 Å². The summed E-state index contributed by atoms with van der Waals surface area (Å²) in [5.41, 5.74) is 1.43. The molecule has 1 aliphatic heterocycles. The van der Waals surface area contributed by atoms with Gasteiger partial charge in [-0.25, -0.2) is 8.78 Å². The predicted octanol–water partition coefficient (Wildman–Crippen LogP) is 3.82. The second-order valence-electron chi connectivity index (χ2n) is 7.96. The molecule has 1 aliphatic carbocycles. The Morgan fingerprint density at radius 3 is 2.55 bits per heavy atom. The second kappa shape index (κ2) is 8.45. The molecule has 0 aromatic heterocycles. The Hall–Kier alpha value is -3.29. The van der Waals surface area contributed by atoms with Gasteiger partial charge in [0.25, 0.3) is 5.91 Å². The van der Waals surface area contributed by atoms with E-state index >= 15 is 0 Å². The number of aliphatic carboxylic acids is 1. The molecule has 3 unspecified atom stereocenters. The van der Waals surface area contributed by atoms with Crippen molar-refractivity contribution in [3.05, 3.63) is 65.2 Å². The number of fused-ring (bicyclic) bond motifs is 2. The first kappa shape index (κ1) is 21.0. The summed E-state index contributed by atoms with van der Waals surface area (Å²) in [6, 6.07) is 9.76. The lowest BCUT2D eigenvalue weighted by molar-refractivity contribution is -0.139. The number of hydrogen-bond donors (Lipinski definition) is 2. The Kier molecular flexibility index (Phi) is 5.71. The Bertz CT molecular complexity index is 1040. The topological polar surface area (TPSA) is 86.7 Å². The standard InChI is InChI=1S/C23H22F2N2O4/c24-16-9-8-13(12-17(16)25)23(31)27-18-6-2-1-4-14(18)22(15-5-3-7-19(15)27)26-20(28)10-11-21(29)30/h1-2,4,6,8-9,12,15,19,22H,3,5,7,10-11H2,(H,26,28)(H,29,30). The van der Waals surface area contributed by atoms with E-state index in [1.807, 2.05) is 12.1 Å². The van der Waals surface area contributed by atoms with Crippen LogP contribution in [0.1, 0.15) is 54.1 Å². The Balaban J connectivity index is 1.69. The summed E-state index contributed by atoms with van der Waals surface area (Å²) in [6.45, 7) is 0. The minimum absolute atomic E-state index is 0.0575. The van der Waals surface area contributed by atoms with E-state index in [0.717, 1.165) is 37.0 Å². The van der Waals surface area contributed by atoms with Crippen molar-refractivity contribution in [2.45, 2.75) is 44.2 Å². The molecule has 6 nitrogen and oxygen atoms in total. The molecule has 3 atom stereocenters. The Morgan fingerprint density at radius 2 is 1.81 bits per heavy atom. The van der Waals surface area contributed by atoms with Crippen molar-refractivity contribution < 1.29 is 28.3 Å². The summed E-state index contributed by atoms with van der Waals surface area (Å²) in [7, 11) is 0. The maximum atomic E-state index is 13.8. The zero-order chi connectivity index (χ0) is 22.1. The van der Waals surface area contributed by atoms with Crippen LogP contribution in [-0.2, 0) is 9.59 Å². The minimum atomic E-state index is -1.08. The number of halogens is 2. The predicted molar refractivity (Wildman–Crippen MR) is 108 cm³/mol. The molecule has 162 valence electrons. The van der Waals surface area contributed by atoms with Crippen molar-refractivity contribution in [2.75, 3.05) is 4.90 Å². The molecule has 31 heavy (non-hydrogen) atoms. The van der Waals surface area contributed by atoms with E-state index in [9.17, 15) is 23.2 Å². The number of carboxylic acids is 1. The van der Waals surface area contributed by atoms with Crippen molar-refractivity contribution in [3.8, 4) is 0 Å². The van der Waals surface area contributed by atoms with Gasteiger partial charge in [-0.3, -0.25) is 14.4 Å². The molecule has 0 saturated heterocycles. The molecule has 1 saturated carbocycles. The highest BCUT2D eigenvalue weighted by molar-refractivity contribution is 6.07. The van der Waals surface area contributed by atoms with Crippen LogP contribution in [-0.4, -0.2) is 28.9 Å². The van der Waals surface area contributed by atoms with Gasteiger partial charge in [-0.2, -0.15) is 0 Å². The summed E-state index contributed by atoms with van der Waals surface area (Å²) in [5.74, 6) is -3.97. The average Bonchev–Trinajstić information content (AvgIpc) is 3.23. The molecule has 0 bridgehead atoms. The smallest absolute Gasteiger partial charge is 0.303 e. The lowest BCUT2D eigenvalue weighted by atomic mass is 9.82. The van der Waals surface area contributed by atoms with Crippen LogP contribution < -0.4 is 10.2 Å². The maximum Gasteiger partial charge on any atom is 0.303 e. The van der Waals surface area contributed by atoms with Gasteiger partial charge < -0.3 is 15.3 Å². The van der Waals surface area contributed by atoms with Crippen molar-refractivity contribution >= 4 is 23.5 Å². The van der Waals surface area contributed by atoms with E-state index in [1.165, 1.54) is 6.07 Å². The molecule has 2 aliphatic rings. The van der Waals surface area contributed by atoms with Gasteiger partial charge in [0.2, 0.25) is 5.91 Å². The van der Waals surface area contributed by atoms with Gasteiger partial charge in [0.05, 0.1) is 12.5 Å². The molecule has 2 N–H and O–H groups in total. The minimum Gasteiger partial charge on any atom is -0.481 e. The van der Waals surface area contributed by atoms with Crippen molar-refractivity contribution in [2.24, 2.45) is 5.92 Å². The van der Waals surface area contributed by atoms with Crippen LogP contribution in [0.15, 0.2) is 42.5 Å². The SMILES string of the molecule is O=C(O)CCC(=O)NC1c2ccccc2N(C(=O)c2ccc(F)c(F)c2)C2CCCC12. The van der Waals surface area contributed by atoms with E-state index in [-0.39, 0.29) is 42.3 Å². The summed E-state index contributed by atoms with van der Waals surface area (Å²) in [5, 5.41) is 11.8. The summed E-state index contributed by atoms with van der Waals surface area (Å²) in [4.78, 5) is 38.2. The molecular weight excluding hydrogens is 406 g/mol. The molecule has 2 amide bonds. The number of carboxylic acid groups (broad SMARTS) is 1. The van der Waals surface area contributed by atoms with Crippen LogP contribution in [0.3, 0.4) is 0 Å². The van der Waals surface area contributed by atoms with Crippen molar-refractivity contribution in [1.29, 1.82) is 0 Å². The Labute approximate surface area is 177 Å². The van der Waals surface area contributed by atoms with Gasteiger partial charge >= 0.3 is 5.97 Å². The third-order valence-electron chi connectivity index (χ3n) is 6.09. The fourth-order valence-corrected chi connectivity index (χ4v) is 4.74. The van der Waals surface area contributed by atoms with E-state index in [2.05, 4.69) is 5.32 Å². The number of benzene rings is 2. The molecule has 8 heteroatoms. The third kappa shape index (κ3) is 4.02. The molecular formula is C23H22F2N2O4. The second-order valence-corrected chi connectivity index (χ2v) is 7.96. The highest BCUT2D eigenvalue weighted by atomic mass is 19.2. The Morgan fingerprint density at radius 1 is 1.03 bits per heavy atom. The number of anilines is 1. The van der Waals surface area contributed by atoms with Crippen LogP contribution in [0.4, 0.5) is 14.5 Å². The maximum absolute atomic E-state index is 13.8. The zero-order valence-electron chi connectivity index (χ0n) is 16.7. The quantitative estimate of drug-likeness (QED) is 0.758. The largest absolute Gasteiger partial charge is 0.481 e. The van der Waals surface area contributed by atoms with Gasteiger partial charge in [-0.15, -0.1) is 0 Å². The van der Waals surface area contributed by atoms with Crippen LogP contribution in [0.25, 0.3) is 0 Å². The molecule has 1 heterocycles. The number of rotatable bonds is 5. The fourth-order valence-electron chi connectivity index (χ4n) is 4.74. The molecule has 2 aromatic carbocycles. The number of carbonyl (C=O) groups is 3. The van der Waals surface area contributed by atoms with E-state index < -0.39 is 23.5 Å². The lowest BCUT2D eigenvalue weighted by Crippen LogP contribution is -2.51. The highest BCUT2D eigenvalue weighted by Gasteiger charge is 2.46. The summed E-state index contributed by atoms with van der Waals surface area (Å²) < 4.78 is 27.1. The summed E-state index contributed by atoms with van der Waals surface area (Å²) in [6.07, 6.45) is 1.98. The number of amides is 2. The van der Waals surface area contributed by atoms with Crippen LogP contribution >= 0.6 is 0 Å². The molecule has 4 rings (SSSR count). The third-order valence-corrected chi connectivity index (χ3v) is 6.09. The first-order valence-electron chi connectivity index (χ1n) is 10.3. The number of carbonyl (C=O) groups excluding carboxylic acids is 2. The first-order valence-corrected chi connectivity index (χ1v) is 10.3. The van der Waals surface area contributed by atoms with Gasteiger partial charge in [0.15, 0.2) is 11.6 Å². The summed E-state index contributed by atoms with van der Waals surface area (Å²) >= 11 is 0. The average molecular weight is 428 g/mol. The van der Waals surface area contributed by atoms with E-state index in [1.54, 1.807) is 17.0 Å². The van der Waals surface area contributed by atoms with E-state index in [4.69, 9.17) is 5.11 Å². The van der Waals surface area contributed by atoms with Crippen molar-refractivity contribution in [3.63, 3.8) is 0 Å². The molecule has 2 aromatic rings. The van der Waals surface area contributed by atoms with Gasteiger partial charge in [-0.1, -0.05) is 24.6 Å². The van der Waals surface area contributed by atoms with Crippen LogP contribution in [0, 0.1) is 17.6 Å². The highest BCUT2D eigenvalue weighted by Crippen LogP contribution is 2.48. The van der Waals surface area contributed by atoms with Gasteiger partial charge in [0.1, 0.15) is 0 Å². The van der Waals surface area contributed by atoms with Gasteiger partial charge in [-0.05, 0) is 42.7 Å². The van der Waals surface area contributed by atoms with E-state index in [0.29, 0.717) is 5.69 Å². The molecule has 1 fully saturated rings. The fraction of sp³-hybridized carbons (Fsp3) is 0.348. The normalized spacial score (nSPS) is 21.9. The number of nitrogens with one attached hydrogen (secondary N) is 1. The zero-order valence-corrected chi connectivity index (χ0v) is 16.7. The number of nitrogens with zero attached hydrogens (tertiary/aromatic N) is 1. The lowest BCUT2D eigenvalue weighted by Gasteiger charge is -2.44. The monoisotopic (exact) mass is 428 g/mol. The number of para-hydroxylation sites is 1. The van der Waals surface area contributed by atoms with Crippen LogP contribution in [0.5, 0.6) is 0 Å².